The van der Waals surface area contributed by atoms with E-state index in [1.54, 1.807) is 13.0 Å². The molecule has 1 rings (SSSR count). The average Bonchev–Trinajstić information content (AvgIpc) is 2.24. The van der Waals surface area contributed by atoms with Crippen LogP contribution in [0.15, 0.2) is 6.07 Å². The lowest BCUT2D eigenvalue weighted by atomic mass is 10.0. The highest BCUT2D eigenvalue weighted by atomic mass is 32.1. The summed E-state index contributed by atoms with van der Waals surface area (Å²) < 4.78 is 0. The Morgan fingerprint density at radius 2 is 2.00 bits per heavy atom. The molecule has 1 aromatic heterocycles. The van der Waals surface area contributed by atoms with Crippen LogP contribution in [-0.4, -0.2) is 26.9 Å². The second kappa shape index (κ2) is 5.72. The molecule has 1 heterocycles. The van der Waals surface area contributed by atoms with Crippen molar-refractivity contribution in [3.8, 4) is 0 Å². The van der Waals surface area contributed by atoms with Gasteiger partial charge >= 0.3 is 0 Å². The van der Waals surface area contributed by atoms with Crippen molar-refractivity contribution in [2.45, 2.75) is 26.8 Å². The molecule has 0 aromatic carbocycles. The van der Waals surface area contributed by atoms with Gasteiger partial charge in [0.15, 0.2) is 0 Å². The Bertz CT molecular complexity index is 475. The number of thiocarbonyl (C=S) groups is 1. The number of amides is 1. The molecule has 0 saturated carbocycles. The number of nitrogens with one attached hydrogen (secondary N) is 1. The van der Waals surface area contributed by atoms with Gasteiger partial charge in [0.05, 0.1) is 0 Å². The summed E-state index contributed by atoms with van der Waals surface area (Å²) in [7, 11) is 0. The van der Waals surface area contributed by atoms with E-state index in [1.165, 1.54) is 0 Å². The van der Waals surface area contributed by atoms with E-state index in [1.807, 2.05) is 13.8 Å². The quantitative estimate of drug-likeness (QED) is 0.664. The summed E-state index contributed by atoms with van der Waals surface area (Å²) >= 11 is 4.87. The zero-order valence-electron chi connectivity index (χ0n) is 10.6. The van der Waals surface area contributed by atoms with Gasteiger partial charge < -0.3 is 16.8 Å². The summed E-state index contributed by atoms with van der Waals surface area (Å²) in [5.74, 6) is -0.123. The van der Waals surface area contributed by atoms with Gasteiger partial charge in [-0.3, -0.25) is 4.79 Å². The van der Waals surface area contributed by atoms with Crippen LogP contribution in [0.2, 0.25) is 0 Å². The average molecular weight is 267 g/mol. The maximum absolute atomic E-state index is 11.3. The summed E-state index contributed by atoms with van der Waals surface area (Å²) in [6.07, 6.45) is 0. The number of aromatic nitrogens is 2. The molecular weight excluding hydrogens is 250 g/mol. The molecule has 1 aromatic rings. The summed E-state index contributed by atoms with van der Waals surface area (Å²) in [6, 6.07) is 1.15. The van der Waals surface area contributed by atoms with Crippen LogP contribution in [-0.2, 0) is 4.79 Å². The Balaban J connectivity index is 3.03. The number of hydrogen-bond donors (Lipinski definition) is 3. The van der Waals surface area contributed by atoms with Gasteiger partial charge in [-0.15, -0.1) is 0 Å². The molecule has 7 heteroatoms. The number of primary amides is 1. The molecule has 1 amide bonds. The topological polar surface area (TPSA) is 107 Å². The van der Waals surface area contributed by atoms with Gasteiger partial charge in [0.2, 0.25) is 11.9 Å². The molecule has 0 radical (unpaired) electrons. The van der Waals surface area contributed by atoms with Crippen LogP contribution in [0.25, 0.3) is 0 Å². The fraction of sp³-hybridized carbons (Fsp3) is 0.455. The third-order valence-corrected chi connectivity index (χ3v) is 2.57. The fourth-order valence-corrected chi connectivity index (χ4v) is 1.57. The highest BCUT2D eigenvalue weighted by molar-refractivity contribution is 7.80. The Morgan fingerprint density at radius 1 is 1.39 bits per heavy atom. The van der Waals surface area contributed by atoms with Crippen molar-refractivity contribution >= 4 is 29.1 Å². The SMILES string of the molecule is Cc1cc(C(N)=S)nc(NC(C(N)=O)C(C)C)n1. The van der Waals surface area contributed by atoms with Crippen molar-refractivity contribution in [3.05, 3.63) is 17.5 Å². The highest BCUT2D eigenvalue weighted by Gasteiger charge is 2.20. The molecular formula is C11H17N5OS. The third kappa shape index (κ3) is 3.63. The van der Waals surface area contributed by atoms with Gasteiger partial charge in [-0.1, -0.05) is 26.1 Å². The highest BCUT2D eigenvalue weighted by Crippen LogP contribution is 2.10. The number of nitrogens with two attached hydrogens (primary N) is 2. The summed E-state index contributed by atoms with van der Waals surface area (Å²) in [6.45, 7) is 5.56. The molecule has 98 valence electrons. The fourth-order valence-electron chi connectivity index (χ4n) is 1.46. The molecule has 18 heavy (non-hydrogen) atoms. The van der Waals surface area contributed by atoms with Crippen molar-refractivity contribution in [1.29, 1.82) is 0 Å². The van der Waals surface area contributed by atoms with Crippen LogP contribution in [0.3, 0.4) is 0 Å². The van der Waals surface area contributed by atoms with Crippen LogP contribution < -0.4 is 16.8 Å². The molecule has 0 spiro atoms. The van der Waals surface area contributed by atoms with E-state index in [0.717, 1.165) is 0 Å². The summed E-state index contributed by atoms with van der Waals surface area (Å²) in [5, 5.41) is 2.90. The molecule has 1 unspecified atom stereocenters. The first-order valence-electron chi connectivity index (χ1n) is 5.52. The Morgan fingerprint density at radius 3 is 2.44 bits per heavy atom. The molecule has 0 fully saturated rings. The summed E-state index contributed by atoms with van der Waals surface area (Å²) in [4.78, 5) is 19.8. The molecule has 6 nitrogen and oxygen atoms in total. The second-order valence-corrected chi connectivity index (χ2v) is 4.79. The Labute approximate surface area is 111 Å². The van der Waals surface area contributed by atoms with E-state index in [2.05, 4.69) is 15.3 Å². The molecule has 0 aliphatic heterocycles. The van der Waals surface area contributed by atoms with Crippen molar-refractivity contribution in [1.82, 2.24) is 9.97 Å². The van der Waals surface area contributed by atoms with Crippen LogP contribution in [0.1, 0.15) is 25.2 Å². The smallest absolute Gasteiger partial charge is 0.240 e. The molecule has 5 N–H and O–H groups in total. The number of hydrogen-bond acceptors (Lipinski definition) is 5. The van der Waals surface area contributed by atoms with Gasteiger partial charge in [-0.05, 0) is 18.9 Å². The van der Waals surface area contributed by atoms with Crippen LogP contribution in [0.5, 0.6) is 0 Å². The first-order valence-corrected chi connectivity index (χ1v) is 5.93. The van der Waals surface area contributed by atoms with E-state index < -0.39 is 11.9 Å². The number of aryl methyl sites for hydroxylation is 1. The van der Waals surface area contributed by atoms with E-state index in [-0.39, 0.29) is 10.9 Å². The molecule has 0 aliphatic rings. The number of rotatable bonds is 5. The van der Waals surface area contributed by atoms with E-state index in [9.17, 15) is 4.79 Å². The minimum Gasteiger partial charge on any atom is -0.388 e. The van der Waals surface area contributed by atoms with Crippen LogP contribution in [0, 0.1) is 12.8 Å². The lowest BCUT2D eigenvalue weighted by Crippen LogP contribution is -2.40. The maximum atomic E-state index is 11.3. The van der Waals surface area contributed by atoms with E-state index in [4.69, 9.17) is 23.7 Å². The minimum absolute atomic E-state index is 0.0277. The monoisotopic (exact) mass is 267 g/mol. The number of anilines is 1. The van der Waals surface area contributed by atoms with Crippen molar-refractivity contribution in [2.24, 2.45) is 17.4 Å². The normalized spacial score (nSPS) is 12.2. The molecule has 0 saturated heterocycles. The summed E-state index contributed by atoms with van der Waals surface area (Å²) in [5.41, 5.74) is 12.0. The predicted molar refractivity (Wildman–Crippen MR) is 74.1 cm³/mol. The molecule has 0 bridgehead atoms. The third-order valence-electron chi connectivity index (χ3n) is 2.36. The Hall–Kier alpha value is -1.76. The number of nitrogens with zero attached hydrogens (tertiary/aromatic N) is 2. The maximum Gasteiger partial charge on any atom is 0.240 e. The van der Waals surface area contributed by atoms with E-state index in [0.29, 0.717) is 17.3 Å². The number of carbonyl (C=O) groups excluding carboxylic acids is 1. The van der Waals surface area contributed by atoms with Crippen LogP contribution in [0.4, 0.5) is 5.95 Å². The Kier molecular flexibility index (Phi) is 4.55. The largest absolute Gasteiger partial charge is 0.388 e. The van der Waals surface area contributed by atoms with Crippen molar-refractivity contribution in [2.75, 3.05) is 5.32 Å². The van der Waals surface area contributed by atoms with Gasteiger partial charge in [-0.25, -0.2) is 9.97 Å². The molecule has 0 aliphatic carbocycles. The minimum atomic E-state index is -0.536. The van der Waals surface area contributed by atoms with Crippen molar-refractivity contribution < 1.29 is 4.79 Å². The van der Waals surface area contributed by atoms with E-state index >= 15 is 0 Å². The van der Waals surface area contributed by atoms with Crippen LogP contribution >= 0.6 is 12.2 Å². The van der Waals surface area contributed by atoms with Gasteiger partial charge in [0.1, 0.15) is 16.7 Å². The standard InChI is InChI=1S/C11H17N5OS/c1-5(2)8(9(12)17)16-11-14-6(3)4-7(15-11)10(13)18/h4-5,8H,1-3H3,(H2,12,17)(H2,13,18)(H,14,15,16). The molecule has 1 atom stereocenters. The lowest BCUT2D eigenvalue weighted by Gasteiger charge is -2.19. The first kappa shape index (κ1) is 14.3. The van der Waals surface area contributed by atoms with Gasteiger partial charge in [0.25, 0.3) is 0 Å². The second-order valence-electron chi connectivity index (χ2n) is 4.35. The zero-order valence-corrected chi connectivity index (χ0v) is 11.4. The number of carbonyl (C=O) groups is 1. The predicted octanol–water partition coefficient (Wildman–Crippen LogP) is 0.341. The lowest BCUT2D eigenvalue weighted by molar-refractivity contribution is -0.119. The first-order chi connectivity index (χ1) is 8.31. The van der Waals surface area contributed by atoms with Gasteiger partial charge in [0, 0.05) is 5.69 Å². The zero-order chi connectivity index (χ0) is 13.9. The van der Waals surface area contributed by atoms with Crippen molar-refractivity contribution in [3.63, 3.8) is 0 Å². The van der Waals surface area contributed by atoms with Gasteiger partial charge in [-0.2, -0.15) is 0 Å².